The second-order valence-corrected chi connectivity index (χ2v) is 10.7. The van der Waals surface area contributed by atoms with E-state index in [4.69, 9.17) is 16.2 Å². The molecule has 0 unspecified atom stereocenters. The molecule has 0 spiro atoms. The van der Waals surface area contributed by atoms with Crippen molar-refractivity contribution in [3.8, 4) is 5.75 Å². The first kappa shape index (κ1) is 24.6. The van der Waals surface area contributed by atoms with Gasteiger partial charge in [-0.1, -0.05) is 63.6 Å². The summed E-state index contributed by atoms with van der Waals surface area (Å²) in [5.41, 5.74) is 15.6. The Morgan fingerprint density at radius 3 is 2.03 bits per heavy atom. The van der Waals surface area contributed by atoms with Crippen LogP contribution in [0.15, 0.2) is 42.5 Å². The number of unbranched alkanes of at least 4 members (excludes halogenated alkanes) is 2. The van der Waals surface area contributed by atoms with E-state index < -0.39 is 5.97 Å². The third-order valence-electron chi connectivity index (χ3n) is 8.39. The van der Waals surface area contributed by atoms with E-state index in [9.17, 15) is 4.79 Å². The Bertz CT molecular complexity index is 903. The Balaban J connectivity index is 1.31. The maximum Gasteiger partial charge on any atom is 0.343 e. The van der Waals surface area contributed by atoms with E-state index in [-0.39, 0.29) is 0 Å². The standard InChI is InChI=1S/C30H42N2O2/c1-2-3-5-8-21-11-13-22(14-12-21)23-15-17-24(18-16-23)29-27(31)19-25(20-28(29)32)30(33)34-26-9-6-4-7-10-26/h4,6-7,9-10,19-24H,2-3,5,8,11-18,31-32H2,1H3. The van der Waals surface area contributed by atoms with Crippen LogP contribution in [0.1, 0.15) is 106 Å². The molecule has 0 atom stereocenters. The number of carbonyl (C=O) groups excluding carboxylic acids is 1. The Kier molecular flexibility index (Phi) is 8.53. The highest BCUT2D eigenvalue weighted by atomic mass is 16.5. The molecule has 0 radical (unpaired) electrons. The van der Waals surface area contributed by atoms with E-state index in [2.05, 4.69) is 6.92 Å². The van der Waals surface area contributed by atoms with Gasteiger partial charge in [-0.25, -0.2) is 4.79 Å². The lowest BCUT2D eigenvalue weighted by molar-refractivity contribution is 0.0735. The maximum absolute atomic E-state index is 12.6. The highest BCUT2D eigenvalue weighted by Gasteiger charge is 2.32. The summed E-state index contributed by atoms with van der Waals surface area (Å²) in [4.78, 5) is 12.6. The molecule has 0 bridgehead atoms. The van der Waals surface area contributed by atoms with Crippen molar-refractivity contribution in [2.75, 3.05) is 11.5 Å². The van der Waals surface area contributed by atoms with Crippen molar-refractivity contribution in [3.63, 3.8) is 0 Å². The zero-order chi connectivity index (χ0) is 23.9. The SMILES string of the molecule is CCCCCC1CCC(C2CCC(c3c(N)cc(C(=O)Oc4ccccc4)cc3N)CC2)CC1. The number of anilines is 2. The molecule has 2 aliphatic rings. The van der Waals surface area contributed by atoms with Crippen LogP contribution in [0, 0.1) is 17.8 Å². The largest absolute Gasteiger partial charge is 0.423 e. The van der Waals surface area contributed by atoms with Crippen molar-refractivity contribution in [1.29, 1.82) is 0 Å². The Labute approximate surface area is 205 Å². The molecule has 4 rings (SSSR count). The molecule has 2 aromatic carbocycles. The topological polar surface area (TPSA) is 78.3 Å². The van der Waals surface area contributed by atoms with Gasteiger partial charge < -0.3 is 16.2 Å². The van der Waals surface area contributed by atoms with Gasteiger partial charge in [0.15, 0.2) is 0 Å². The van der Waals surface area contributed by atoms with Crippen molar-refractivity contribution in [2.24, 2.45) is 17.8 Å². The molecule has 0 aromatic heterocycles. The molecule has 0 aliphatic heterocycles. The third kappa shape index (κ3) is 6.14. The molecule has 34 heavy (non-hydrogen) atoms. The first-order valence-electron chi connectivity index (χ1n) is 13.5. The van der Waals surface area contributed by atoms with Crippen LogP contribution in [-0.4, -0.2) is 5.97 Å². The van der Waals surface area contributed by atoms with Crippen LogP contribution in [0.5, 0.6) is 5.75 Å². The number of esters is 1. The first-order chi connectivity index (χ1) is 16.5. The lowest BCUT2D eigenvalue weighted by Gasteiger charge is -2.38. The highest BCUT2D eigenvalue weighted by Crippen LogP contribution is 2.46. The lowest BCUT2D eigenvalue weighted by atomic mass is 9.67. The second kappa shape index (κ2) is 11.8. The van der Waals surface area contributed by atoms with Crippen LogP contribution in [0.3, 0.4) is 0 Å². The van der Waals surface area contributed by atoms with Gasteiger partial charge in [0.1, 0.15) is 5.75 Å². The fourth-order valence-electron chi connectivity index (χ4n) is 6.45. The van der Waals surface area contributed by atoms with Gasteiger partial charge in [0.2, 0.25) is 0 Å². The fraction of sp³-hybridized carbons (Fsp3) is 0.567. The summed E-state index contributed by atoms with van der Waals surface area (Å²) in [6.07, 6.45) is 16.1. The van der Waals surface area contributed by atoms with E-state index in [1.807, 2.05) is 18.2 Å². The van der Waals surface area contributed by atoms with Crippen molar-refractivity contribution >= 4 is 17.3 Å². The Morgan fingerprint density at radius 1 is 0.853 bits per heavy atom. The van der Waals surface area contributed by atoms with Gasteiger partial charge in [-0.15, -0.1) is 0 Å². The molecule has 0 amide bonds. The Hall–Kier alpha value is -2.49. The van der Waals surface area contributed by atoms with Crippen LogP contribution in [0.25, 0.3) is 0 Å². The molecule has 0 heterocycles. The molecular formula is C30H42N2O2. The minimum absolute atomic E-state index is 0.390. The summed E-state index contributed by atoms with van der Waals surface area (Å²) in [5, 5.41) is 0. The molecule has 2 aliphatic carbocycles. The van der Waals surface area contributed by atoms with Gasteiger partial charge >= 0.3 is 5.97 Å². The predicted molar refractivity (Wildman–Crippen MR) is 141 cm³/mol. The van der Waals surface area contributed by atoms with Crippen LogP contribution in [0.2, 0.25) is 0 Å². The number of benzene rings is 2. The molecule has 2 saturated carbocycles. The minimum atomic E-state index is -0.426. The quantitative estimate of drug-likeness (QED) is 0.182. The van der Waals surface area contributed by atoms with E-state index in [0.29, 0.717) is 28.6 Å². The molecular weight excluding hydrogens is 420 g/mol. The average Bonchev–Trinajstić information content (AvgIpc) is 2.85. The molecule has 2 aromatic rings. The van der Waals surface area contributed by atoms with Gasteiger partial charge in [-0.2, -0.15) is 0 Å². The number of rotatable bonds is 8. The van der Waals surface area contributed by atoms with Crippen molar-refractivity contribution < 1.29 is 9.53 Å². The van der Waals surface area contributed by atoms with Crippen LogP contribution >= 0.6 is 0 Å². The molecule has 4 N–H and O–H groups in total. The first-order valence-corrected chi connectivity index (χ1v) is 13.5. The summed E-state index contributed by atoms with van der Waals surface area (Å²) < 4.78 is 5.46. The summed E-state index contributed by atoms with van der Waals surface area (Å²) in [7, 11) is 0. The minimum Gasteiger partial charge on any atom is -0.423 e. The summed E-state index contributed by atoms with van der Waals surface area (Å²) >= 11 is 0. The van der Waals surface area contributed by atoms with Gasteiger partial charge in [-0.3, -0.25) is 0 Å². The number of nitrogen functional groups attached to an aromatic ring is 2. The number of carbonyl (C=O) groups is 1. The van der Waals surface area contributed by atoms with Crippen molar-refractivity contribution in [1.82, 2.24) is 0 Å². The zero-order valence-corrected chi connectivity index (χ0v) is 20.8. The van der Waals surface area contributed by atoms with Gasteiger partial charge in [-0.05, 0) is 86.5 Å². The fourth-order valence-corrected chi connectivity index (χ4v) is 6.45. The molecule has 0 saturated heterocycles. The number of para-hydroxylation sites is 1. The highest BCUT2D eigenvalue weighted by molar-refractivity contribution is 5.94. The van der Waals surface area contributed by atoms with Gasteiger partial charge in [0.25, 0.3) is 0 Å². The smallest absolute Gasteiger partial charge is 0.343 e. The second-order valence-electron chi connectivity index (χ2n) is 10.7. The Morgan fingerprint density at radius 2 is 1.44 bits per heavy atom. The maximum atomic E-state index is 12.6. The normalized spacial score (nSPS) is 25.1. The number of nitrogens with two attached hydrogens (primary N) is 2. The van der Waals surface area contributed by atoms with Crippen LogP contribution in [0.4, 0.5) is 11.4 Å². The van der Waals surface area contributed by atoms with Crippen LogP contribution < -0.4 is 16.2 Å². The number of ether oxygens (including phenoxy) is 1. The summed E-state index contributed by atoms with van der Waals surface area (Å²) in [6.45, 7) is 2.29. The van der Waals surface area contributed by atoms with Crippen molar-refractivity contribution in [2.45, 2.75) is 89.9 Å². The van der Waals surface area contributed by atoms with E-state index >= 15 is 0 Å². The van der Waals surface area contributed by atoms with E-state index in [1.165, 1.54) is 64.2 Å². The van der Waals surface area contributed by atoms with E-state index in [0.717, 1.165) is 36.2 Å². The van der Waals surface area contributed by atoms with Crippen LogP contribution in [-0.2, 0) is 0 Å². The summed E-state index contributed by atoms with van der Waals surface area (Å²) in [6, 6.07) is 12.6. The molecule has 184 valence electrons. The molecule has 4 nitrogen and oxygen atoms in total. The number of hydrogen-bond acceptors (Lipinski definition) is 4. The van der Waals surface area contributed by atoms with Crippen molar-refractivity contribution in [3.05, 3.63) is 53.6 Å². The monoisotopic (exact) mass is 462 g/mol. The van der Waals surface area contributed by atoms with Gasteiger partial charge in [0.05, 0.1) is 5.56 Å². The summed E-state index contributed by atoms with van der Waals surface area (Å²) in [5.74, 6) is 3.22. The average molecular weight is 463 g/mol. The molecule has 2 fully saturated rings. The number of hydrogen-bond donors (Lipinski definition) is 2. The van der Waals surface area contributed by atoms with Gasteiger partial charge in [0, 0.05) is 16.9 Å². The third-order valence-corrected chi connectivity index (χ3v) is 8.39. The molecule has 4 heteroatoms. The predicted octanol–water partition coefficient (Wildman–Crippen LogP) is 7.73. The lowest BCUT2D eigenvalue weighted by Crippen LogP contribution is -2.26. The van der Waals surface area contributed by atoms with E-state index in [1.54, 1.807) is 24.3 Å². The zero-order valence-electron chi connectivity index (χ0n) is 20.8.